The van der Waals surface area contributed by atoms with Crippen LogP contribution >= 0.6 is 0 Å². The number of carbonyl (C=O) groups is 2. The molecule has 4 rings (SSSR count). The molecule has 1 unspecified atom stereocenters. The molecule has 9 heteroatoms. The van der Waals surface area contributed by atoms with Crippen LogP contribution < -0.4 is 5.69 Å². The summed E-state index contributed by atoms with van der Waals surface area (Å²) in [4.78, 5) is 43.0. The number of morpholine rings is 1. The Bertz CT molecular complexity index is 1210. The average molecular weight is 450 g/mol. The van der Waals surface area contributed by atoms with E-state index in [2.05, 4.69) is 39.4 Å². The second-order valence-corrected chi connectivity index (χ2v) is 8.54. The molecular weight excluding hydrogens is 422 g/mol. The number of nitrogens with zero attached hydrogens (tertiary/aromatic N) is 3. The van der Waals surface area contributed by atoms with Gasteiger partial charge >= 0.3 is 5.69 Å². The van der Waals surface area contributed by atoms with Crippen molar-refractivity contribution in [1.82, 2.24) is 25.0 Å². The molecule has 9 nitrogen and oxygen atoms in total. The molecule has 2 N–H and O–H groups in total. The van der Waals surface area contributed by atoms with Crippen molar-refractivity contribution in [2.75, 3.05) is 33.8 Å². The van der Waals surface area contributed by atoms with Crippen LogP contribution in [-0.4, -0.2) is 76.2 Å². The van der Waals surface area contributed by atoms with Crippen molar-refractivity contribution in [1.29, 1.82) is 0 Å². The van der Waals surface area contributed by atoms with Crippen molar-refractivity contribution in [3.8, 4) is 11.1 Å². The number of aromatic nitrogens is 3. The van der Waals surface area contributed by atoms with Gasteiger partial charge in [-0.2, -0.15) is 0 Å². The monoisotopic (exact) mass is 449 g/mol. The quantitative estimate of drug-likeness (QED) is 0.615. The maximum atomic E-state index is 13.3. The zero-order valence-electron chi connectivity index (χ0n) is 18.9. The first kappa shape index (κ1) is 22.5. The van der Waals surface area contributed by atoms with Crippen LogP contribution in [0.15, 0.2) is 53.3 Å². The number of aromatic amines is 2. The Morgan fingerprint density at radius 3 is 2.58 bits per heavy atom. The molecule has 1 saturated heterocycles. The number of H-pyrrole nitrogens is 2. The molecule has 2 heterocycles. The molecule has 1 aromatic heterocycles. The van der Waals surface area contributed by atoms with Crippen molar-refractivity contribution < 1.29 is 14.3 Å². The molecule has 33 heavy (non-hydrogen) atoms. The van der Waals surface area contributed by atoms with E-state index in [1.54, 1.807) is 14.1 Å². The van der Waals surface area contributed by atoms with E-state index in [0.29, 0.717) is 13.0 Å². The zero-order chi connectivity index (χ0) is 23.6. The van der Waals surface area contributed by atoms with Gasteiger partial charge in [-0.15, -0.1) is 5.10 Å². The van der Waals surface area contributed by atoms with E-state index in [9.17, 15) is 14.4 Å². The van der Waals surface area contributed by atoms with Crippen molar-refractivity contribution in [2.45, 2.75) is 18.9 Å². The lowest BCUT2D eigenvalue weighted by molar-refractivity contribution is -0.165. The van der Waals surface area contributed by atoms with Crippen molar-refractivity contribution >= 4 is 11.8 Å². The summed E-state index contributed by atoms with van der Waals surface area (Å²) in [5, 5.41) is 5.93. The molecule has 2 amide bonds. The minimum Gasteiger partial charge on any atom is -0.361 e. The summed E-state index contributed by atoms with van der Waals surface area (Å²) in [6, 6.07) is 16.2. The maximum absolute atomic E-state index is 13.3. The van der Waals surface area contributed by atoms with E-state index in [0.717, 1.165) is 16.7 Å². The normalized spacial score (nSPS) is 18.2. The molecule has 0 spiro atoms. The van der Waals surface area contributed by atoms with Gasteiger partial charge in [0.2, 0.25) is 5.82 Å². The number of likely N-dealkylation sites (N-methyl/N-ethyl adjacent to an activating group) is 1. The third-order valence-corrected chi connectivity index (χ3v) is 5.77. The Morgan fingerprint density at radius 2 is 1.91 bits per heavy atom. The minimum absolute atomic E-state index is 0.0481. The molecule has 1 aliphatic rings. The number of benzene rings is 2. The highest BCUT2D eigenvalue weighted by Crippen LogP contribution is 2.28. The summed E-state index contributed by atoms with van der Waals surface area (Å²) in [5.41, 5.74) is 2.42. The van der Waals surface area contributed by atoms with Crippen LogP contribution in [0.2, 0.25) is 0 Å². The van der Waals surface area contributed by atoms with Crippen LogP contribution in [0.25, 0.3) is 11.1 Å². The van der Waals surface area contributed by atoms with Gasteiger partial charge in [-0.1, -0.05) is 54.1 Å². The SMILES string of the molecule is Cc1ccc(-c2cccc(CC3(C(=O)N(C)C)CN(C(=O)c4n[nH]c(=O)[nH]4)CCO3)c2)cc1. The first-order chi connectivity index (χ1) is 15.8. The zero-order valence-corrected chi connectivity index (χ0v) is 18.9. The third-order valence-electron chi connectivity index (χ3n) is 5.77. The lowest BCUT2D eigenvalue weighted by Gasteiger charge is -2.42. The molecular formula is C24H27N5O4. The van der Waals surface area contributed by atoms with Crippen LogP contribution in [0.3, 0.4) is 0 Å². The van der Waals surface area contributed by atoms with Crippen molar-refractivity contribution in [3.63, 3.8) is 0 Å². The molecule has 0 saturated carbocycles. The van der Waals surface area contributed by atoms with Gasteiger partial charge in [0, 0.05) is 27.1 Å². The number of nitrogens with one attached hydrogen (secondary N) is 2. The van der Waals surface area contributed by atoms with Crippen molar-refractivity contribution in [2.24, 2.45) is 0 Å². The summed E-state index contributed by atoms with van der Waals surface area (Å²) in [6.45, 7) is 2.58. The molecule has 1 atom stereocenters. The Hall–Kier alpha value is -3.72. The number of ether oxygens (including phenoxy) is 1. The Morgan fingerprint density at radius 1 is 1.15 bits per heavy atom. The second-order valence-electron chi connectivity index (χ2n) is 8.54. The highest BCUT2D eigenvalue weighted by molar-refractivity contribution is 5.92. The lowest BCUT2D eigenvalue weighted by Crippen LogP contribution is -2.61. The summed E-state index contributed by atoms with van der Waals surface area (Å²) in [6.07, 6.45) is 0.296. The van der Waals surface area contributed by atoms with Gasteiger partial charge in [-0.25, -0.2) is 9.89 Å². The van der Waals surface area contributed by atoms with E-state index in [1.807, 2.05) is 31.2 Å². The molecule has 2 aromatic carbocycles. The standard InChI is InChI=1S/C24H27N5O4/c1-16-7-9-18(10-8-16)19-6-4-5-17(13-19)14-24(22(31)28(2)3)15-29(11-12-33-24)21(30)20-25-23(32)27-26-20/h4-10,13H,11-12,14-15H2,1-3H3,(H2,25,26,27,32). The van der Waals surface area contributed by atoms with Crippen LogP contribution in [-0.2, 0) is 16.0 Å². The highest BCUT2D eigenvalue weighted by atomic mass is 16.5. The molecule has 0 radical (unpaired) electrons. The first-order valence-electron chi connectivity index (χ1n) is 10.7. The number of hydrogen-bond donors (Lipinski definition) is 2. The number of carbonyl (C=O) groups excluding carboxylic acids is 2. The number of aryl methyl sites for hydroxylation is 1. The van der Waals surface area contributed by atoms with Crippen molar-refractivity contribution in [3.05, 3.63) is 76.0 Å². The highest BCUT2D eigenvalue weighted by Gasteiger charge is 2.46. The molecule has 1 aliphatic heterocycles. The number of rotatable bonds is 5. The average Bonchev–Trinajstić information content (AvgIpc) is 3.25. The fraction of sp³-hybridized carbons (Fsp3) is 0.333. The van der Waals surface area contributed by atoms with Crippen LogP contribution in [0.4, 0.5) is 0 Å². The Kier molecular flexibility index (Phi) is 6.15. The van der Waals surface area contributed by atoms with E-state index in [-0.39, 0.29) is 24.9 Å². The summed E-state index contributed by atoms with van der Waals surface area (Å²) in [7, 11) is 3.34. The largest absolute Gasteiger partial charge is 0.361 e. The van der Waals surface area contributed by atoms with Gasteiger partial charge in [0.25, 0.3) is 11.8 Å². The van der Waals surface area contributed by atoms with E-state index < -0.39 is 17.2 Å². The minimum atomic E-state index is -1.25. The van der Waals surface area contributed by atoms with Gasteiger partial charge in [-0.05, 0) is 23.6 Å². The number of hydrogen-bond acceptors (Lipinski definition) is 5. The van der Waals surface area contributed by atoms with Gasteiger partial charge in [0.15, 0.2) is 5.60 Å². The summed E-state index contributed by atoms with van der Waals surface area (Å²) in [5.74, 6) is -0.772. The van der Waals surface area contributed by atoms with Gasteiger partial charge in [-0.3, -0.25) is 14.6 Å². The Labute approximate surface area is 191 Å². The number of amides is 2. The van der Waals surface area contributed by atoms with Gasteiger partial charge in [0.1, 0.15) is 0 Å². The molecule has 0 bridgehead atoms. The van der Waals surface area contributed by atoms with E-state index in [4.69, 9.17) is 4.74 Å². The first-order valence-corrected chi connectivity index (χ1v) is 10.7. The van der Waals surface area contributed by atoms with Crippen LogP contribution in [0.1, 0.15) is 21.7 Å². The predicted octanol–water partition coefficient (Wildman–Crippen LogP) is 1.62. The fourth-order valence-electron chi connectivity index (χ4n) is 4.13. The molecule has 3 aromatic rings. The van der Waals surface area contributed by atoms with E-state index >= 15 is 0 Å². The summed E-state index contributed by atoms with van der Waals surface area (Å²) >= 11 is 0. The fourth-order valence-corrected chi connectivity index (χ4v) is 4.13. The second kappa shape index (κ2) is 9.03. The van der Waals surface area contributed by atoms with Crippen LogP contribution in [0, 0.1) is 6.92 Å². The van der Waals surface area contributed by atoms with Gasteiger partial charge < -0.3 is 14.5 Å². The summed E-state index contributed by atoms with van der Waals surface area (Å²) < 4.78 is 6.09. The van der Waals surface area contributed by atoms with E-state index in [1.165, 1.54) is 15.4 Å². The lowest BCUT2D eigenvalue weighted by atomic mass is 9.89. The third kappa shape index (κ3) is 4.73. The molecule has 172 valence electrons. The smallest absolute Gasteiger partial charge is 0.341 e. The molecule has 0 aliphatic carbocycles. The van der Waals surface area contributed by atoms with Gasteiger partial charge in [0.05, 0.1) is 13.2 Å². The van der Waals surface area contributed by atoms with Crippen LogP contribution in [0.5, 0.6) is 0 Å². The predicted molar refractivity (Wildman–Crippen MR) is 123 cm³/mol. The molecule has 1 fully saturated rings. The topological polar surface area (TPSA) is 111 Å². The Balaban J connectivity index is 1.64. The maximum Gasteiger partial charge on any atom is 0.341 e.